The van der Waals surface area contributed by atoms with E-state index in [0.29, 0.717) is 32.7 Å². The lowest BCUT2D eigenvalue weighted by Gasteiger charge is -2.31. The Morgan fingerprint density at radius 1 is 1.24 bits per heavy atom. The molecule has 0 radical (unpaired) electrons. The number of hydrogen-bond acceptors (Lipinski definition) is 4. The smallest absolute Gasteiger partial charge is 0.307 e. The second kappa shape index (κ2) is 9.37. The van der Waals surface area contributed by atoms with E-state index in [1.165, 1.54) is 6.92 Å². The number of amides is 2. The standard InChI is InChI=1S/C15H26N2O4/c1-3-21-14(19)8-11-17(10-5-9-16-12(2)18)15(20)13-6-4-7-13/h13H,3-11H2,1-2H3,(H,16,18). The lowest BCUT2D eigenvalue weighted by molar-refractivity contribution is -0.145. The average Bonchev–Trinajstić information content (AvgIpc) is 2.35. The highest BCUT2D eigenvalue weighted by Crippen LogP contribution is 2.28. The van der Waals surface area contributed by atoms with Crippen LogP contribution in [-0.2, 0) is 19.1 Å². The van der Waals surface area contributed by atoms with Gasteiger partial charge in [-0.15, -0.1) is 0 Å². The van der Waals surface area contributed by atoms with Gasteiger partial charge in [0.2, 0.25) is 11.8 Å². The van der Waals surface area contributed by atoms with Gasteiger partial charge in [0, 0.05) is 32.5 Å². The predicted molar refractivity (Wildman–Crippen MR) is 78.5 cm³/mol. The first-order chi connectivity index (χ1) is 10.0. The number of esters is 1. The van der Waals surface area contributed by atoms with Crippen LogP contribution in [-0.4, -0.2) is 48.9 Å². The molecule has 1 aliphatic rings. The van der Waals surface area contributed by atoms with Gasteiger partial charge in [0.15, 0.2) is 0 Å². The maximum absolute atomic E-state index is 12.3. The van der Waals surface area contributed by atoms with Crippen molar-refractivity contribution >= 4 is 17.8 Å². The van der Waals surface area contributed by atoms with E-state index >= 15 is 0 Å². The Hall–Kier alpha value is -1.59. The lowest BCUT2D eigenvalue weighted by Crippen LogP contribution is -2.41. The summed E-state index contributed by atoms with van der Waals surface area (Å²) in [6.45, 7) is 5.10. The van der Waals surface area contributed by atoms with E-state index in [4.69, 9.17) is 4.74 Å². The van der Waals surface area contributed by atoms with Crippen molar-refractivity contribution in [2.24, 2.45) is 5.92 Å². The molecule has 0 spiro atoms. The summed E-state index contributed by atoms with van der Waals surface area (Å²) < 4.78 is 4.90. The maximum atomic E-state index is 12.3. The van der Waals surface area contributed by atoms with Crippen molar-refractivity contribution < 1.29 is 19.1 Å². The maximum Gasteiger partial charge on any atom is 0.307 e. The van der Waals surface area contributed by atoms with Crippen LogP contribution < -0.4 is 5.32 Å². The van der Waals surface area contributed by atoms with E-state index in [0.717, 1.165) is 19.3 Å². The number of nitrogens with one attached hydrogen (secondary N) is 1. The third-order valence-corrected chi connectivity index (χ3v) is 3.64. The molecule has 1 saturated carbocycles. The molecule has 0 aromatic heterocycles. The Bertz CT molecular complexity index is 367. The molecular formula is C15H26N2O4. The highest BCUT2D eigenvalue weighted by molar-refractivity contribution is 5.80. The summed E-state index contributed by atoms with van der Waals surface area (Å²) in [5.41, 5.74) is 0. The highest BCUT2D eigenvalue weighted by atomic mass is 16.5. The molecule has 0 atom stereocenters. The minimum absolute atomic E-state index is 0.0709. The Balaban J connectivity index is 2.39. The van der Waals surface area contributed by atoms with Crippen molar-refractivity contribution in [3.05, 3.63) is 0 Å². The number of ether oxygens (including phenoxy) is 1. The van der Waals surface area contributed by atoms with Gasteiger partial charge in [0.25, 0.3) is 0 Å². The van der Waals surface area contributed by atoms with Gasteiger partial charge in [-0.3, -0.25) is 14.4 Å². The SMILES string of the molecule is CCOC(=O)CCN(CCCNC(C)=O)C(=O)C1CCC1. The number of carbonyl (C=O) groups excluding carboxylic acids is 3. The van der Waals surface area contributed by atoms with Crippen LogP contribution in [0.4, 0.5) is 0 Å². The fraction of sp³-hybridized carbons (Fsp3) is 0.800. The predicted octanol–water partition coefficient (Wildman–Crippen LogP) is 1.09. The molecular weight excluding hydrogens is 272 g/mol. The quantitative estimate of drug-likeness (QED) is 0.511. The van der Waals surface area contributed by atoms with Gasteiger partial charge in [-0.2, -0.15) is 0 Å². The van der Waals surface area contributed by atoms with Crippen molar-refractivity contribution in [1.82, 2.24) is 10.2 Å². The zero-order valence-corrected chi connectivity index (χ0v) is 13.0. The molecule has 6 nitrogen and oxygen atoms in total. The van der Waals surface area contributed by atoms with Gasteiger partial charge in [0.1, 0.15) is 0 Å². The first-order valence-corrected chi connectivity index (χ1v) is 7.73. The lowest BCUT2D eigenvalue weighted by atomic mass is 9.84. The molecule has 2 amide bonds. The average molecular weight is 298 g/mol. The molecule has 1 aliphatic carbocycles. The number of carbonyl (C=O) groups is 3. The third kappa shape index (κ3) is 6.60. The summed E-state index contributed by atoms with van der Waals surface area (Å²) >= 11 is 0. The van der Waals surface area contributed by atoms with E-state index < -0.39 is 0 Å². The molecule has 21 heavy (non-hydrogen) atoms. The third-order valence-electron chi connectivity index (χ3n) is 3.64. The fourth-order valence-electron chi connectivity index (χ4n) is 2.24. The van der Waals surface area contributed by atoms with Crippen LogP contribution in [0.1, 0.15) is 46.0 Å². The number of nitrogens with zero attached hydrogens (tertiary/aromatic N) is 1. The molecule has 0 saturated heterocycles. The monoisotopic (exact) mass is 298 g/mol. The van der Waals surface area contributed by atoms with Crippen LogP contribution in [0.25, 0.3) is 0 Å². The van der Waals surface area contributed by atoms with Gasteiger partial charge in [0.05, 0.1) is 13.0 Å². The van der Waals surface area contributed by atoms with E-state index in [-0.39, 0.29) is 30.1 Å². The molecule has 0 aliphatic heterocycles. The first kappa shape index (κ1) is 17.5. The van der Waals surface area contributed by atoms with Crippen LogP contribution in [0.2, 0.25) is 0 Å². The fourth-order valence-corrected chi connectivity index (χ4v) is 2.24. The molecule has 0 aromatic rings. The largest absolute Gasteiger partial charge is 0.466 e. The molecule has 120 valence electrons. The second-order valence-corrected chi connectivity index (χ2v) is 5.34. The Morgan fingerprint density at radius 3 is 2.48 bits per heavy atom. The minimum atomic E-state index is -0.272. The zero-order valence-electron chi connectivity index (χ0n) is 13.0. The topological polar surface area (TPSA) is 75.7 Å². The molecule has 0 heterocycles. The van der Waals surface area contributed by atoms with E-state index in [9.17, 15) is 14.4 Å². The Kier molecular flexibility index (Phi) is 7.79. The summed E-state index contributed by atoms with van der Waals surface area (Å²) in [6, 6.07) is 0. The van der Waals surface area contributed by atoms with Gasteiger partial charge < -0.3 is 15.0 Å². The number of hydrogen-bond donors (Lipinski definition) is 1. The van der Waals surface area contributed by atoms with Gasteiger partial charge >= 0.3 is 5.97 Å². The van der Waals surface area contributed by atoms with Gasteiger partial charge in [-0.25, -0.2) is 0 Å². The van der Waals surface area contributed by atoms with Crippen molar-refractivity contribution in [2.45, 2.75) is 46.0 Å². The van der Waals surface area contributed by atoms with E-state index in [2.05, 4.69) is 5.32 Å². The highest BCUT2D eigenvalue weighted by Gasteiger charge is 2.29. The normalized spacial score (nSPS) is 14.2. The van der Waals surface area contributed by atoms with Crippen LogP contribution in [0.15, 0.2) is 0 Å². The van der Waals surface area contributed by atoms with E-state index in [1.807, 2.05) is 0 Å². The molecule has 0 aromatic carbocycles. The Labute approximate surface area is 126 Å². The molecule has 1 rings (SSSR count). The molecule has 0 unspecified atom stereocenters. The van der Waals surface area contributed by atoms with Crippen molar-refractivity contribution in [1.29, 1.82) is 0 Å². The van der Waals surface area contributed by atoms with Crippen LogP contribution in [0.3, 0.4) is 0 Å². The second-order valence-electron chi connectivity index (χ2n) is 5.34. The van der Waals surface area contributed by atoms with Crippen LogP contribution in [0.5, 0.6) is 0 Å². The summed E-state index contributed by atoms with van der Waals surface area (Å²) in [6.07, 6.45) is 3.92. The summed E-state index contributed by atoms with van der Waals surface area (Å²) in [5, 5.41) is 2.71. The molecule has 1 fully saturated rings. The van der Waals surface area contributed by atoms with Crippen molar-refractivity contribution in [2.75, 3.05) is 26.2 Å². The molecule has 1 N–H and O–H groups in total. The zero-order chi connectivity index (χ0) is 15.7. The van der Waals surface area contributed by atoms with Crippen LogP contribution >= 0.6 is 0 Å². The summed E-state index contributed by atoms with van der Waals surface area (Å²) in [4.78, 5) is 36.3. The van der Waals surface area contributed by atoms with Gasteiger partial charge in [-0.1, -0.05) is 6.42 Å². The van der Waals surface area contributed by atoms with Gasteiger partial charge in [-0.05, 0) is 26.2 Å². The Morgan fingerprint density at radius 2 is 1.95 bits per heavy atom. The van der Waals surface area contributed by atoms with Crippen molar-refractivity contribution in [3.63, 3.8) is 0 Å². The number of rotatable bonds is 9. The summed E-state index contributed by atoms with van der Waals surface area (Å²) in [5.74, 6) is -0.0921. The van der Waals surface area contributed by atoms with E-state index in [1.54, 1.807) is 11.8 Å². The summed E-state index contributed by atoms with van der Waals surface area (Å²) in [7, 11) is 0. The first-order valence-electron chi connectivity index (χ1n) is 7.73. The molecule has 6 heteroatoms. The van der Waals surface area contributed by atoms with Crippen molar-refractivity contribution in [3.8, 4) is 0 Å². The minimum Gasteiger partial charge on any atom is -0.466 e. The van der Waals surface area contributed by atoms with Crippen LogP contribution in [0, 0.1) is 5.92 Å². The molecule has 0 bridgehead atoms.